The lowest BCUT2D eigenvalue weighted by atomic mass is 9.68. The standard InChI is InChI=1S/C16H20N2O/c1-10-6-4-5-7-11(10)15-14-12(17-18-15)8-16(2,3)9-13(14)19/h4-7,12,14,17H,8-9H2,1-3H3/t12-,14-/m1/s1. The summed E-state index contributed by atoms with van der Waals surface area (Å²) in [4.78, 5) is 12.5. The summed E-state index contributed by atoms with van der Waals surface area (Å²) < 4.78 is 0. The second-order valence-electron chi connectivity index (χ2n) is 6.54. The van der Waals surface area contributed by atoms with E-state index in [-0.39, 0.29) is 17.4 Å². The molecule has 3 heteroatoms. The number of aryl methyl sites for hydroxylation is 1. The van der Waals surface area contributed by atoms with Crippen molar-refractivity contribution < 1.29 is 4.79 Å². The summed E-state index contributed by atoms with van der Waals surface area (Å²) >= 11 is 0. The van der Waals surface area contributed by atoms with E-state index in [2.05, 4.69) is 43.4 Å². The zero-order valence-corrected chi connectivity index (χ0v) is 11.7. The van der Waals surface area contributed by atoms with Gasteiger partial charge in [0, 0.05) is 12.0 Å². The van der Waals surface area contributed by atoms with E-state index in [1.54, 1.807) is 0 Å². The summed E-state index contributed by atoms with van der Waals surface area (Å²) in [6.45, 7) is 6.39. The van der Waals surface area contributed by atoms with Crippen molar-refractivity contribution in [3.8, 4) is 0 Å². The van der Waals surface area contributed by atoms with Gasteiger partial charge in [-0.1, -0.05) is 38.1 Å². The molecule has 100 valence electrons. The quantitative estimate of drug-likeness (QED) is 0.839. The fourth-order valence-electron chi connectivity index (χ4n) is 3.36. The number of nitrogens with one attached hydrogen (secondary N) is 1. The number of ketones is 1. The molecule has 2 atom stereocenters. The molecule has 19 heavy (non-hydrogen) atoms. The highest BCUT2D eigenvalue weighted by Crippen LogP contribution is 2.39. The van der Waals surface area contributed by atoms with Gasteiger partial charge in [0.1, 0.15) is 5.78 Å². The van der Waals surface area contributed by atoms with Crippen molar-refractivity contribution in [2.24, 2.45) is 16.4 Å². The van der Waals surface area contributed by atoms with E-state index in [9.17, 15) is 4.79 Å². The maximum atomic E-state index is 12.5. The van der Waals surface area contributed by atoms with E-state index >= 15 is 0 Å². The average molecular weight is 256 g/mol. The zero-order chi connectivity index (χ0) is 13.6. The third kappa shape index (κ3) is 2.07. The summed E-state index contributed by atoms with van der Waals surface area (Å²) in [5.41, 5.74) is 6.50. The number of hydrazone groups is 1. The lowest BCUT2D eigenvalue weighted by Gasteiger charge is -2.36. The van der Waals surface area contributed by atoms with Crippen molar-refractivity contribution in [2.45, 2.75) is 39.7 Å². The van der Waals surface area contributed by atoms with Gasteiger partial charge in [0.2, 0.25) is 0 Å². The first kappa shape index (κ1) is 12.4. The van der Waals surface area contributed by atoms with Crippen molar-refractivity contribution in [1.82, 2.24) is 5.43 Å². The Morgan fingerprint density at radius 1 is 1.32 bits per heavy atom. The van der Waals surface area contributed by atoms with Crippen LogP contribution < -0.4 is 5.43 Å². The van der Waals surface area contributed by atoms with Gasteiger partial charge in [-0.3, -0.25) is 4.79 Å². The van der Waals surface area contributed by atoms with E-state index in [4.69, 9.17) is 0 Å². The van der Waals surface area contributed by atoms with Crippen molar-refractivity contribution >= 4 is 11.5 Å². The SMILES string of the molecule is Cc1ccccc1C1=NN[C@@H]2CC(C)(C)CC(=O)[C@H]12. The van der Waals surface area contributed by atoms with Gasteiger partial charge in [0.25, 0.3) is 0 Å². The lowest BCUT2D eigenvalue weighted by molar-refractivity contribution is -0.126. The van der Waals surface area contributed by atoms with E-state index in [0.717, 1.165) is 17.7 Å². The maximum Gasteiger partial charge on any atom is 0.144 e. The molecule has 1 fully saturated rings. The molecule has 0 saturated heterocycles. The molecule has 1 aromatic rings. The first-order valence-corrected chi connectivity index (χ1v) is 6.90. The molecule has 0 aromatic heterocycles. The molecular formula is C16H20N2O. The van der Waals surface area contributed by atoms with Crippen LogP contribution in [0.25, 0.3) is 0 Å². The second kappa shape index (κ2) is 4.19. The van der Waals surface area contributed by atoms with Crippen LogP contribution in [0.4, 0.5) is 0 Å². The predicted octanol–water partition coefficient (Wildman–Crippen LogP) is 2.68. The first-order valence-electron chi connectivity index (χ1n) is 6.90. The Kier molecular flexibility index (Phi) is 2.73. The van der Waals surface area contributed by atoms with Crippen LogP contribution in [-0.2, 0) is 4.79 Å². The third-order valence-corrected chi connectivity index (χ3v) is 4.24. The van der Waals surface area contributed by atoms with Gasteiger partial charge in [-0.25, -0.2) is 0 Å². The molecule has 3 nitrogen and oxygen atoms in total. The highest BCUT2D eigenvalue weighted by molar-refractivity contribution is 6.16. The summed E-state index contributed by atoms with van der Waals surface area (Å²) in [6, 6.07) is 8.33. The topological polar surface area (TPSA) is 41.5 Å². The molecule has 1 aromatic carbocycles. The lowest BCUT2D eigenvalue weighted by Crippen LogP contribution is -2.45. The smallest absolute Gasteiger partial charge is 0.144 e. The number of carbonyl (C=O) groups is 1. The number of carbonyl (C=O) groups excluding carboxylic acids is 1. The van der Waals surface area contributed by atoms with Gasteiger partial charge in [-0.05, 0) is 24.3 Å². The van der Waals surface area contributed by atoms with Gasteiger partial charge in [-0.2, -0.15) is 5.10 Å². The Labute approximate surface area is 114 Å². The molecule has 0 amide bonds. The van der Waals surface area contributed by atoms with Gasteiger partial charge in [0.05, 0.1) is 17.7 Å². The van der Waals surface area contributed by atoms with Crippen LogP contribution in [0.3, 0.4) is 0 Å². The highest BCUT2D eigenvalue weighted by atomic mass is 16.1. The van der Waals surface area contributed by atoms with Crippen LogP contribution in [-0.4, -0.2) is 17.5 Å². The van der Waals surface area contributed by atoms with Crippen LogP contribution in [0.2, 0.25) is 0 Å². The monoisotopic (exact) mass is 256 g/mol. The van der Waals surface area contributed by atoms with Crippen molar-refractivity contribution in [2.75, 3.05) is 0 Å². The number of Topliss-reactive ketones (excluding diaryl/α,β-unsaturated/α-hetero) is 1. The summed E-state index contributed by atoms with van der Waals surface area (Å²) in [6.07, 6.45) is 1.66. The Bertz CT molecular complexity index is 560. The Morgan fingerprint density at radius 2 is 2.05 bits per heavy atom. The maximum absolute atomic E-state index is 12.5. The molecule has 1 saturated carbocycles. The molecule has 0 bridgehead atoms. The Morgan fingerprint density at radius 3 is 2.79 bits per heavy atom. The zero-order valence-electron chi connectivity index (χ0n) is 11.7. The van der Waals surface area contributed by atoms with Crippen molar-refractivity contribution in [3.63, 3.8) is 0 Å². The van der Waals surface area contributed by atoms with Crippen LogP contribution in [0.1, 0.15) is 37.8 Å². The van der Waals surface area contributed by atoms with E-state index in [1.165, 1.54) is 5.56 Å². The number of fused-ring (bicyclic) bond motifs is 1. The van der Waals surface area contributed by atoms with Gasteiger partial charge >= 0.3 is 0 Å². The highest BCUT2D eigenvalue weighted by Gasteiger charge is 2.46. The molecule has 0 radical (unpaired) electrons. The number of nitrogens with zero attached hydrogens (tertiary/aromatic N) is 1. The largest absolute Gasteiger partial charge is 0.306 e. The minimum absolute atomic E-state index is 0.0610. The number of hydrogen-bond donors (Lipinski definition) is 1. The molecule has 1 N–H and O–H groups in total. The molecule has 0 spiro atoms. The molecule has 3 rings (SSSR count). The minimum atomic E-state index is -0.0610. The average Bonchev–Trinajstić information content (AvgIpc) is 2.71. The summed E-state index contributed by atoms with van der Waals surface area (Å²) in [7, 11) is 0. The molecular weight excluding hydrogens is 236 g/mol. The van der Waals surface area contributed by atoms with Crippen LogP contribution in [0, 0.1) is 18.3 Å². The summed E-state index contributed by atoms with van der Waals surface area (Å²) in [5, 5.41) is 4.47. The number of hydrogen-bond acceptors (Lipinski definition) is 3. The van der Waals surface area contributed by atoms with Gasteiger partial charge < -0.3 is 5.43 Å². The predicted molar refractivity (Wildman–Crippen MR) is 76.2 cm³/mol. The van der Waals surface area contributed by atoms with Gasteiger partial charge in [-0.15, -0.1) is 0 Å². The Balaban J connectivity index is 1.95. The summed E-state index contributed by atoms with van der Waals surface area (Å²) in [5.74, 6) is 0.266. The minimum Gasteiger partial charge on any atom is -0.306 e. The van der Waals surface area contributed by atoms with Crippen LogP contribution in [0.15, 0.2) is 29.4 Å². The molecule has 1 aliphatic heterocycles. The van der Waals surface area contributed by atoms with Crippen LogP contribution >= 0.6 is 0 Å². The molecule has 2 aliphatic rings. The first-order chi connectivity index (χ1) is 8.98. The second-order valence-corrected chi connectivity index (χ2v) is 6.54. The number of rotatable bonds is 1. The fraction of sp³-hybridized carbons (Fsp3) is 0.500. The fourth-order valence-corrected chi connectivity index (χ4v) is 3.36. The van der Waals surface area contributed by atoms with Crippen molar-refractivity contribution in [3.05, 3.63) is 35.4 Å². The van der Waals surface area contributed by atoms with E-state index < -0.39 is 0 Å². The molecule has 1 heterocycles. The third-order valence-electron chi connectivity index (χ3n) is 4.24. The molecule has 0 unspecified atom stereocenters. The van der Waals surface area contributed by atoms with Gasteiger partial charge in [0.15, 0.2) is 0 Å². The van der Waals surface area contributed by atoms with E-state index in [1.807, 2.05) is 12.1 Å². The molecule has 1 aliphatic carbocycles. The normalized spacial score (nSPS) is 28.6. The number of benzene rings is 1. The van der Waals surface area contributed by atoms with E-state index in [0.29, 0.717) is 12.2 Å². The van der Waals surface area contributed by atoms with Crippen LogP contribution in [0.5, 0.6) is 0 Å². The van der Waals surface area contributed by atoms with Crippen molar-refractivity contribution in [1.29, 1.82) is 0 Å². The Hall–Kier alpha value is -1.64.